The van der Waals surface area contributed by atoms with Crippen LogP contribution < -0.4 is 10.5 Å². The summed E-state index contributed by atoms with van der Waals surface area (Å²) in [6, 6.07) is 19.7. The first kappa shape index (κ1) is 13.6. The first-order chi connectivity index (χ1) is 10.3. The van der Waals surface area contributed by atoms with E-state index in [2.05, 4.69) is 4.98 Å². The smallest absolute Gasteiger partial charge is 0.146 e. The summed E-state index contributed by atoms with van der Waals surface area (Å²) in [5.74, 6) is 0.770. The predicted molar refractivity (Wildman–Crippen MR) is 85.2 cm³/mol. The van der Waals surface area contributed by atoms with Crippen LogP contribution in [0, 0.1) is 0 Å². The van der Waals surface area contributed by atoms with Crippen LogP contribution in [0.15, 0.2) is 66.9 Å². The number of ether oxygens (including phenoxy) is 1. The molecule has 0 spiro atoms. The number of hydrogen-bond donors (Lipinski definition) is 1. The summed E-state index contributed by atoms with van der Waals surface area (Å²) in [5, 5.41) is 1.07. The first-order valence-corrected chi connectivity index (χ1v) is 7.06. The van der Waals surface area contributed by atoms with Gasteiger partial charge in [0.2, 0.25) is 0 Å². The van der Waals surface area contributed by atoms with Crippen molar-refractivity contribution in [1.82, 2.24) is 4.98 Å². The van der Waals surface area contributed by atoms with Gasteiger partial charge >= 0.3 is 0 Å². The fourth-order valence-electron chi connectivity index (χ4n) is 2.39. The van der Waals surface area contributed by atoms with E-state index in [9.17, 15) is 0 Å². The van der Waals surface area contributed by atoms with Gasteiger partial charge in [-0.2, -0.15) is 0 Å². The molecule has 3 aromatic rings. The Balaban J connectivity index is 1.85. The topological polar surface area (TPSA) is 48.1 Å². The second-order valence-corrected chi connectivity index (χ2v) is 5.09. The fourth-order valence-corrected chi connectivity index (χ4v) is 2.39. The molecule has 3 rings (SSSR count). The van der Waals surface area contributed by atoms with E-state index in [1.54, 1.807) is 6.20 Å². The molecule has 0 fully saturated rings. The molecule has 0 aliphatic heterocycles. The molecule has 0 amide bonds. The average molecular weight is 278 g/mol. The number of hydrogen-bond acceptors (Lipinski definition) is 3. The van der Waals surface area contributed by atoms with Crippen molar-refractivity contribution in [1.29, 1.82) is 0 Å². The molecule has 106 valence electrons. The predicted octanol–water partition coefficient (Wildman–Crippen LogP) is 3.70. The van der Waals surface area contributed by atoms with Crippen LogP contribution in [0.2, 0.25) is 0 Å². The van der Waals surface area contributed by atoms with Gasteiger partial charge in [0.1, 0.15) is 17.4 Å². The van der Waals surface area contributed by atoms with Gasteiger partial charge in [-0.05, 0) is 24.6 Å². The molecule has 1 aromatic heterocycles. The Morgan fingerprint density at radius 3 is 2.52 bits per heavy atom. The van der Waals surface area contributed by atoms with Crippen LogP contribution in [0.5, 0.6) is 5.75 Å². The number of pyridine rings is 1. The summed E-state index contributed by atoms with van der Waals surface area (Å²) < 4.78 is 6.06. The highest BCUT2D eigenvalue weighted by atomic mass is 16.5. The van der Waals surface area contributed by atoms with Gasteiger partial charge in [-0.3, -0.25) is 4.98 Å². The van der Waals surface area contributed by atoms with Crippen molar-refractivity contribution < 1.29 is 4.74 Å². The van der Waals surface area contributed by atoms with Crippen molar-refractivity contribution in [3.63, 3.8) is 0 Å². The van der Waals surface area contributed by atoms with Crippen LogP contribution in [-0.2, 0) is 0 Å². The van der Waals surface area contributed by atoms with Crippen LogP contribution in [0.3, 0.4) is 0 Å². The minimum absolute atomic E-state index is 0.139. The lowest BCUT2D eigenvalue weighted by atomic mass is 10.0. The Hall–Kier alpha value is -2.39. The van der Waals surface area contributed by atoms with Crippen molar-refractivity contribution in [3.05, 3.63) is 72.4 Å². The number of para-hydroxylation sites is 1. The van der Waals surface area contributed by atoms with Crippen LogP contribution in [-0.4, -0.2) is 11.1 Å². The van der Waals surface area contributed by atoms with E-state index in [1.165, 1.54) is 0 Å². The highest BCUT2D eigenvalue weighted by molar-refractivity contribution is 5.84. The molecule has 0 saturated heterocycles. The second kappa shape index (κ2) is 5.94. The SMILES string of the molecule is CC(Oc1cccc2cccnc12)C(N)c1ccccc1. The maximum absolute atomic E-state index is 6.29. The van der Waals surface area contributed by atoms with Crippen molar-refractivity contribution in [2.24, 2.45) is 5.73 Å². The van der Waals surface area contributed by atoms with Gasteiger partial charge in [-0.1, -0.05) is 48.5 Å². The molecule has 2 N–H and O–H groups in total. The third-order valence-corrected chi connectivity index (χ3v) is 3.60. The quantitative estimate of drug-likeness (QED) is 0.791. The van der Waals surface area contributed by atoms with E-state index in [0.29, 0.717) is 0 Å². The van der Waals surface area contributed by atoms with Crippen molar-refractivity contribution in [2.75, 3.05) is 0 Å². The van der Waals surface area contributed by atoms with Crippen molar-refractivity contribution in [2.45, 2.75) is 19.1 Å². The molecule has 0 aliphatic rings. The standard InChI is InChI=1S/C18H18N2O/c1-13(17(19)14-7-3-2-4-8-14)21-16-11-5-9-15-10-6-12-20-18(15)16/h2-13,17H,19H2,1H3. The first-order valence-electron chi connectivity index (χ1n) is 7.06. The number of nitrogens with zero attached hydrogens (tertiary/aromatic N) is 1. The number of benzene rings is 2. The summed E-state index contributed by atoms with van der Waals surface area (Å²) in [6.07, 6.45) is 1.64. The maximum Gasteiger partial charge on any atom is 0.146 e. The molecule has 2 atom stereocenters. The van der Waals surface area contributed by atoms with Gasteiger partial charge in [-0.15, -0.1) is 0 Å². The van der Waals surface area contributed by atoms with Gasteiger partial charge in [0, 0.05) is 11.6 Å². The Labute approximate surface area is 124 Å². The monoisotopic (exact) mass is 278 g/mol. The van der Waals surface area contributed by atoms with Gasteiger partial charge in [0.15, 0.2) is 0 Å². The average Bonchev–Trinajstić information content (AvgIpc) is 2.55. The highest BCUT2D eigenvalue weighted by Crippen LogP contribution is 2.26. The fraction of sp³-hybridized carbons (Fsp3) is 0.167. The molecular weight excluding hydrogens is 260 g/mol. The van der Waals surface area contributed by atoms with E-state index >= 15 is 0 Å². The Morgan fingerprint density at radius 1 is 0.952 bits per heavy atom. The van der Waals surface area contributed by atoms with Crippen LogP contribution >= 0.6 is 0 Å². The lowest BCUT2D eigenvalue weighted by molar-refractivity contribution is 0.192. The number of rotatable bonds is 4. The van der Waals surface area contributed by atoms with Crippen LogP contribution in [0.1, 0.15) is 18.5 Å². The van der Waals surface area contributed by atoms with Crippen LogP contribution in [0.25, 0.3) is 10.9 Å². The Bertz CT molecular complexity index is 722. The largest absolute Gasteiger partial charge is 0.486 e. The van der Waals surface area contributed by atoms with E-state index < -0.39 is 0 Å². The van der Waals surface area contributed by atoms with Crippen molar-refractivity contribution in [3.8, 4) is 5.75 Å². The second-order valence-electron chi connectivity index (χ2n) is 5.09. The molecule has 0 bridgehead atoms. The number of fused-ring (bicyclic) bond motifs is 1. The van der Waals surface area contributed by atoms with E-state index in [1.807, 2.05) is 67.6 Å². The lowest BCUT2D eigenvalue weighted by Crippen LogP contribution is -2.28. The molecule has 3 heteroatoms. The van der Waals surface area contributed by atoms with E-state index in [-0.39, 0.29) is 12.1 Å². The lowest BCUT2D eigenvalue weighted by Gasteiger charge is -2.22. The number of aromatic nitrogens is 1. The Morgan fingerprint density at radius 2 is 1.71 bits per heavy atom. The van der Waals surface area contributed by atoms with E-state index in [0.717, 1.165) is 22.2 Å². The molecule has 21 heavy (non-hydrogen) atoms. The summed E-state index contributed by atoms with van der Waals surface area (Å²) in [4.78, 5) is 4.40. The molecule has 2 unspecified atom stereocenters. The van der Waals surface area contributed by atoms with Gasteiger partial charge in [0.05, 0.1) is 6.04 Å². The van der Waals surface area contributed by atoms with Gasteiger partial charge < -0.3 is 10.5 Å². The summed E-state index contributed by atoms with van der Waals surface area (Å²) >= 11 is 0. The molecule has 0 saturated carbocycles. The normalized spacial score (nSPS) is 13.8. The molecule has 0 radical (unpaired) electrons. The zero-order valence-electron chi connectivity index (χ0n) is 11.9. The molecule has 0 aliphatic carbocycles. The molecule has 3 nitrogen and oxygen atoms in total. The Kier molecular flexibility index (Phi) is 3.84. The third-order valence-electron chi connectivity index (χ3n) is 3.60. The summed E-state index contributed by atoms with van der Waals surface area (Å²) in [5.41, 5.74) is 8.22. The maximum atomic E-state index is 6.29. The minimum atomic E-state index is -0.176. The molecular formula is C18H18N2O. The van der Waals surface area contributed by atoms with Crippen LogP contribution in [0.4, 0.5) is 0 Å². The summed E-state index contributed by atoms with van der Waals surface area (Å²) in [6.45, 7) is 1.99. The van der Waals surface area contributed by atoms with E-state index in [4.69, 9.17) is 10.5 Å². The zero-order chi connectivity index (χ0) is 14.7. The minimum Gasteiger partial charge on any atom is -0.486 e. The van der Waals surface area contributed by atoms with Gasteiger partial charge in [0.25, 0.3) is 0 Å². The van der Waals surface area contributed by atoms with Gasteiger partial charge in [-0.25, -0.2) is 0 Å². The summed E-state index contributed by atoms with van der Waals surface area (Å²) in [7, 11) is 0. The molecule has 1 heterocycles. The molecule has 2 aromatic carbocycles. The third kappa shape index (κ3) is 2.88. The highest BCUT2D eigenvalue weighted by Gasteiger charge is 2.17. The number of nitrogens with two attached hydrogens (primary N) is 1. The zero-order valence-corrected chi connectivity index (χ0v) is 11.9. The van der Waals surface area contributed by atoms with Crippen molar-refractivity contribution >= 4 is 10.9 Å².